The molecule has 0 aromatic heterocycles. The van der Waals surface area contributed by atoms with Crippen molar-refractivity contribution in [3.8, 4) is 11.5 Å². The van der Waals surface area contributed by atoms with Crippen LogP contribution in [0.5, 0.6) is 11.5 Å². The Morgan fingerprint density at radius 3 is 2.11 bits per heavy atom. The van der Waals surface area contributed by atoms with Crippen molar-refractivity contribution in [2.75, 3.05) is 39.4 Å². The summed E-state index contributed by atoms with van der Waals surface area (Å²) in [6.45, 7) is 8.99. The van der Waals surface area contributed by atoms with E-state index in [9.17, 15) is 0 Å². The van der Waals surface area contributed by atoms with E-state index in [-0.39, 0.29) is 0 Å². The van der Waals surface area contributed by atoms with Crippen LogP contribution in [0, 0.1) is 0 Å². The third-order valence-corrected chi connectivity index (χ3v) is 2.70. The van der Waals surface area contributed by atoms with Crippen molar-refractivity contribution in [1.29, 1.82) is 0 Å². The molecule has 0 radical (unpaired) electrons. The number of hydrogen-bond donors (Lipinski definition) is 1. The maximum absolute atomic E-state index is 5.68. The highest BCUT2D eigenvalue weighted by Crippen LogP contribution is 2.17. The van der Waals surface area contributed by atoms with Crippen LogP contribution in [0.25, 0.3) is 0 Å². The minimum Gasteiger partial charge on any atom is -0.494 e. The number of benzene rings is 1. The maximum atomic E-state index is 5.68. The van der Waals surface area contributed by atoms with Gasteiger partial charge in [0.2, 0.25) is 0 Å². The normalized spacial score (nSPS) is 10.7. The number of likely N-dealkylation sites (N-methyl/N-ethyl adjacent to an activating group) is 1. The molecular formula is C14H24N2O2. The van der Waals surface area contributed by atoms with Gasteiger partial charge in [-0.15, -0.1) is 0 Å². The zero-order valence-corrected chi connectivity index (χ0v) is 11.4. The first kappa shape index (κ1) is 14.8. The first-order valence-electron chi connectivity index (χ1n) is 6.58. The summed E-state index contributed by atoms with van der Waals surface area (Å²) in [5, 5.41) is 0. The molecule has 1 rings (SSSR count). The third kappa shape index (κ3) is 5.38. The van der Waals surface area contributed by atoms with Gasteiger partial charge < -0.3 is 15.2 Å². The summed E-state index contributed by atoms with van der Waals surface area (Å²) in [6, 6.07) is 7.72. The molecule has 4 heteroatoms. The third-order valence-electron chi connectivity index (χ3n) is 2.70. The highest BCUT2D eigenvalue weighted by atomic mass is 16.5. The van der Waals surface area contributed by atoms with Gasteiger partial charge in [0.15, 0.2) is 0 Å². The van der Waals surface area contributed by atoms with Gasteiger partial charge in [0, 0.05) is 19.6 Å². The Balaban J connectivity index is 2.30. The van der Waals surface area contributed by atoms with Crippen molar-refractivity contribution in [3.05, 3.63) is 24.3 Å². The highest BCUT2D eigenvalue weighted by Gasteiger charge is 2.01. The number of ether oxygens (including phenoxy) is 2. The largest absolute Gasteiger partial charge is 0.494 e. The summed E-state index contributed by atoms with van der Waals surface area (Å²) in [4.78, 5) is 2.27. The van der Waals surface area contributed by atoms with Crippen molar-refractivity contribution < 1.29 is 9.47 Å². The van der Waals surface area contributed by atoms with Crippen molar-refractivity contribution >= 4 is 0 Å². The standard InChI is InChI=1S/C14H24N2O2/c1-3-16(10-9-15)11-12-18-14-7-5-13(6-8-14)17-4-2/h5-8H,3-4,9-12,15H2,1-2H3. The van der Waals surface area contributed by atoms with Crippen LogP contribution in [0.4, 0.5) is 0 Å². The van der Waals surface area contributed by atoms with Gasteiger partial charge in [-0.3, -0.25) is 4.90 Å². The van der Waals surface area contributed by atoms with Gasteiger partial charge in [-0.05, 0) is 37.7 Å². The molecule has 4 nitrogen and oxygen atoms in total. The Hall–Kier alpha value is -1.26. The van der Waals surface area contributed by atoms with Crippen LogP contribution < -0.4 is 15.2 Å². The first-order valence-corrected chi connectivity index (χ1v) is 6.58. The Morgan fingerprint density at radius 2 is 1.61 bits per heavy atom. The lowest BCUT2D eigenvalue weighted by Crippen LogP contribution is -2.32. The van der Waals surface area contributed by atoms with E-state index < -0.39 is 0 Å². The fourth-order valence-electron chi connectivity index (χ4n) is 1.70. The van der Waals surface area contributed by atoms with Crippen LogP contribution in [0.1, 0.15) is 13.8 Å². The molecule has 0 aliphatic carbocycles. The monoisotopic (exact) mass is 252 g/mol. The minimum atomic E-state index is 0.682. The molecule has 0 fully saturated rings. The second-order valence-corrected chi connectivity index (χ2v) is 3.98. The second kappa shape index (κ2) is 8.78. The summed E-state index contributed by atoms with van der Waals surface area (Å²) in [5.74, 6) is 1.76. The van der Waals surface area contributed by atoms with E-state index in [1.54, 1.807) is 0 Å². The molecule has 0 amide bonds. The Labute approximate surface area is 110 Å². The average molecular weight is 252 g/mol. The molecule has 0 aliphatic heterocycles. The highest BCUT2D eigenvalue weighted by molar-refractivity contribution is 5.31. The lowest BCUT2D eigenvalue weighted by atomic mass is 10.3. The van der Waals surface area contributed by atoms with Crippen molar-refractivity contribution in [1.82, 2.24) is 4.90 Å². The Morgan fingerprint density at radius 1 is 1.00 bits per heavy atom. The predicted octanol–water partition coefficient (Wildman–Crippen LogP) is 1.74. The lowest BCUT2D eigenvalue weighted by molar-refractivity contribution is 0.219. The number of nitrogens with two attached hydrogens (primary N) is 1. The summed E-state index contributed by atoms with van der Waals surface area (Å²) in [6.07, 6.45) is 0. The smallest absolute Gasteiger partial charge is 0.119 e. The summed E-state index contributed by atoms with van der Waals surface area (Å²) in [5.41, 5.74) is 5.54. The molecule has 1 aromatic carbocycles. The average Bonchev–Trinajstić information content (AvgIpc) is 2.40. The molecule has 0 unspecified atom stereocenters. The molecule has 0 aliphatic rings. The predicted molar refractivity (Wildman–Crippen MR) is 74.3 cm³/mol. The molecule has 0 heterocycles. The molecule has 0 bridgehead atoms. The van der Waals surface area contributed by atoms with Crippen LogP contribution >= 0.6 is 0 Å². The van der Waals surface area contributed by atoms with E-state index in [2.05, 4.69) is 11.8 Å². The minimum absolute atomic E-state index is 0.682. The van der Waals surface area contributed by atoms with E-state index in [0.717, 1.165) is 31.1 Å². The van der Waals surface area contributed by atoms with Gasteiger partial charge in [-0.1, -0.05) is 6.92 Å². The van der Waals surface area contributed by atoms with Gasteiger partial charge in [0.1, 0.15) is 18.1 Å². The van der Waals surface area contributed by atoms with E-state index in [1.165, 1.54) is 0 Å². The summed E-state index contributed by atoms with van der Waals surface area (Å²) < 4.78 is 11.1. The van der Waals surface area contributed by atoms with Crippen LogP contribution in [-0.2, 0) is 0 Å². The fourth-order valence-corrected chi connectivity index (χ4v) is 1.70. The first-order chi connectivity index (χ1) is 8.80. The van der Waals surface area contributed by atoms with Gasteiger partial charge >= 0.3 is 0 Å². The quantitative estimate of drug-likeness (QED) is 0.727. The van der Waals surface area contributed by atoms with Crippen LogP contribution in [0.3, 0.4) is 0 Å². The van der Waals surface area contributed by atoms with Crippen LogP contribution in [0.2, 0.25) is 0 Å². The molecular weight excluding hydrogens is 228 g/mol. The second-order valence-electron chi connectivity index (χ2n) is 3.98. The van der Waals surface area contributed by atoms with E-state index in [0.29, 0.717) is 19.8 Å². The Kier molecular flexibility index (Phi) is 7.22. The van der Waals surface area contributed by atoms with Gasteiger partial charge in [-0.25, -0.2) is 0 Å². The lowest BCUT2D eigenvalue weighted by Gasteiger charge is -2.19. The van der Waals surface area contributed by atoms with Gasteiger partial charge in [-0.2, -0.15) is 0 Å². The van der Waals surface area contributed by atoms with Crippen LogP contribution in [0.15, 0.2) is 24.3 Å². The molecule has 2 N–H and O–H groups in total. The number of rotatable bonds is 9. The van der Waals surface area contributed by atoms with Gasteiger partial charge in [0.05, 0.1) is 6.61 Å². The molecule has 0 saturated heterocycles. The van der Waals surface area contributed by atoms with E-state index >= 15 is 0 Å². The zero-order valence-electron chi connectivity index (χ0n) is 11.4. The molecule has 1 aromatic rings. The topological polar surface area (TPSA) is 47.7 Å². The Bertz CT molecular complexity index is 314. The van der Waals surface area contributed by atoms with Gasteiger partial charge in [0.25, 0.3) is 0 Å². The fraction of sp³-hybridized carbons (Fsp3) is 0.571. The zero-order chi connectivity index (χ0) is 13.2. The molecule has 0 spiro atoms. The molecule has 0 atom stereocenters. The SMILES string of the molecule is CCOc1ccc(OCCN(CC)CCN)cc1. The van der Waals surface area contributed by atoms with E-state index in [1.807, 2.05) is 31.2 Å². The van der Waals surface area contributed by atoms with E-state index in [4.69, 9.17) is 15.2 Å². The van der Waals surface area contributed by atoms with Crippen molar-refractivity contribution in [3.63, 3.8) is 0 Å². The number of hydrogen-bond acceptors (Lipinski definition) is 4. The number of nitrogens with zero attached hydrogens (tertiary/aromatic N) is 1. The summed E-state index contributed by atoms with van der Waals surface area (Å²) >= 11 is 0. The maximum Gasteiger partial charge on any atom is 0.119 e. The molecule has 0 saturated carbocycles. The van der Waals surface area contributed by atoms with Crippen molar-refractivity contribution in [2.24, 2.45) is 5.73 Å². The van der Waals surface area contributed by atoms with Crippen LogP contribution in [-0.4, -0.2) is 44.3 Å². The molecule has 18 heavy (non-hydrogen) atoms. The van der Waals surface area contributed by atoms with Crippen molar-refractivity contribution in [2.45, 2.75) is 13.8 Å². The summed E-state index contributed by atoms with van der Waals surface area (Å²) in [7, 11) is 0. The molecule has 102 valence electrons.